The molecule has 0 atom stereocenters. The Morgan fingerprint density at radius 1 is 0.976 bits per heavy atom. The van der Waals surface area contributed by atoms with Crippen LogP contribution in [0.4, 0.5) is 14.5 Å². The fourth-order valence-corrected chi connectivity index (χ4v) is 6.63. The van der Waals surface area contributed by atoms with E-state index < -0.39 is 22.3 Å². The Kier molecular flexibility index (Phi) is 8.94. The summed E-state index contributed by atoms with van der Waals surface area (Å²) in [5.41, 5.74) is 2.98. The first-order valence-electron chi connectivity index (χ1n) is 13.5. The second-order valence-electron chi connectivity index (χ2n) is 9.96. The van der Waals surface area contributed by atoms with Crippen molar-refractivity contribution >= 4 is 15.7 Å². The van der Waals surface area contributed by atoms with Gasteiger partial charge in [0.2, 0.25) is 15.9 Å². The molecule has 0 N–H and O–H groups in total. The van der Waals surface area contributed by atoms with Crippen molar-refractivity contribution in [2.75, 3.05) is 36.8 Å². The molecule has 0 unspecified atom stereocenters. The molecule has 1 aliphatic heterocycles. The first kappa shape index (κ1) is 28.7. The number of aromatic nitrogens is 2. The molecule has 1 aromatic heterocycles. The number of halogens is 2. The number of likely N-dealkylation sites (tertiary alicyclic amines) is 1. The van der Waals surface area contributed by atoms with Crippen molar-refractivity contribution in [2.24, 2.45) is 0 Å². The van der Waals surface area contributed by atoms with Gasteiger partial charge < -0.3 is 14.1 Å². The lowest BCUT2D eigenvalue weighted by atomic mass is 9.89. The molecule has 0 aliphatic carbocycles. The standard InChI is InChI=1S/C30H32F2N4O4S/c1-39-27-10-6-5-9-26(27)23-15-17-35(18-16-23)19-20-41(37,38)36(25-7-3-2-4-8-25)21-22-11-13-24(14-12-22)29-33-34-30(40-29)28(31)32/h2-14,23,28H,15-21H2,1H3. The summed E-state index contributed by atoms with van der Waals surface area (Å²) >= 11 is 0. The topological polar surface area (TPSA) is 88.8 Å². The van der Waals surface area contributed by atoms with Crippen molar-refractivity contribution in [3.8, 4) is 17.2 Å². The molecule has 216 valence electrons. The zero-order valence-corrected chi connectivity index (χ0v) is 23.5. The summed E-state index contributed by atoms with van der Waals surface area (Å²) in [6, 6.07) is 23.8. The molecular formula is C30H32F2N4O4S. The smallest absolute Gasteiger partial charge is 0.314 e. The molecule has 3 aromatic carbocycles. The van der Waals surface area contributed by atoms with E-state index in [1.807, 2.05) is 24.3 Å². The average Bonchev–Trinajstić information content (AvgIpc) is 3.51. The van der Waals surface area contributed by atoms with Crippen LogP contribution in [0, 0.1) is 0 Å². The van der Waals surface area contributed by atoms with Crippen LogP contribution in [0.25, 0.3) is 11.5 Å². The van der Waals surface area contributed by atoms with Crippen molar-refractivity contribution in [3.63, 3.8) is 0 Å². The maximum absolute atomic E-state index is 13.7. The quantitative estimate of drug-likeness (QED) is 0.218. The highest BCUT2D eigenvalue weighted by atomic mass is 32.2. The number of benzene rings is 3. The Morgan fingerprint density at radius 2 is 1.66 bits per heavy atom. The number of piperidine rings is 1. The van der Waals surface area contributed by atoms with Crippen molar-refractivity contribution in [2.45, 2.75) is 31.7 Å². The Morgan fingerprint density at radius 3 is 2.32 bits per heavy atom. The predicted octanol–water partition coefficient (Wildman–Crippen LogP) is 5.90. The van der Waals surface area contributed by atoms with Gasteiger partial charge in [-0.1, -0.05) is 48.5 Å². The highest BCUT2D eigenvalue weighted by Gasteiger charge is 2.27. The molecule has 8 nitrogen and oxygen atoms in total. The van der Waals surface area contributed by atoms with E-state index in [-0.39, 0.29) is 18.2 Å². The summed E-state index contributed by atoms with van der Waals surface area (Å²) in [7, 11) is -1.99. The maximum atomic E-state index is 13.7. The lowest BCUT2D eigenvalue weighted by molar-refractivity contribution is 0.116. The van der Waals surface area contributed by atoms with Crippen LogP contribution in [0.2, 0.25) is 0 Å². The Bertz CT molecular complexity index is 1520. The van der Waals surface area contributed by atoms with E-state index in [1.54, 1.807) is 55.6 Å². The highest BCUT2D eigenvalue weighted by Crippen LogP contribution is 2.34. The van der Waals surface area contributed by atoms with Gasteiger partial charge in [-0.05, 0) is 73.3 Å². The Labute approximate surface area is 238 Å². The molecule has 1 saturated heterocycles. The van der Waals surface area contributed by atoms with E-state index in [9.17, 15) is 17.2 Å². The molecular weight excluding hydrogens is 550 g/mol. The normalized spacial score (nSPS) is 14.8. The molecule has 0 saturated carbocycles. The van der Waals surface area contributed by atoms with E-state index >= 15 is 0 Å². The number of methoxy groups -OCH3 is 1. The van der Waals surface area contributed by atoms with Crippen LogP contribution in [0.15, 0.2) is 83.3 Å². The van der Waals surface area contributed by atoms with E-state index in [1.165, 1.54) is 9.87 Å². The SMILES string of the molecule is COc1ccccc1C1CCN(CCS(=O)(=O)N(Cc2ccc(-c3nnc(C(F)F)o3)cc2)c2ccccc2)CC1. The van der Waals surface area contributed by atoms with Gasteiger partial charge in [-0.2, -0.15) is 8.78 Å². The number of anilines is 1. The van der Waals surface area contributed by atoms with E-state index in [4.69, 9.17) is 9.15 Å². The number of nitrogens with zero attached hydrogens (tertiary/aromatic N) is 4. The number of para-hydroxylation sites is 2. The molecule has 0 amide bonds. The lowest BCUT2D eigenvalue weighted by Gasteiger charge is -2.33. The zero-order chi connectivity index (χ0) is 28.8. The average molecular weight is 583 g/mol. The van der Waals surface area contributed by atoms with Crippen LogP contribution in [0.3, 0.4) is 0 Å². The van der Waals surface area contributed by atoms with Crippen molar-refractivity contribution in [1.29, 1.82) is 0 Å². The molecule has 41 heavy (non-hydrogen) atoms. The first-order valence-corrected chi connectivity index (χ1v) is 15.1. The molecule has 4 aromatic rings. The number of alkyl halides is 2. The monoisotopic (exact) mass is 582 g/mol. The minimum Gasteiger partial charge on any atom is -0.496 e. The van der Waals surface area contributed by atoms with Gasteiger partial charge in [0.25, 0.3) is 5.89 Å². The number of rotatable bonds is 11. The molecule has 11 heteroatoms. The third-order valence-electron chi connectivity index (χ3n) is 7.37. The first-order chi connectivity index (χ1) is 19.8. The summed E-state index contributed by atoms with van der Waals surface area (Å²) in [5, 5.41) is 7.03. The number of sulfonamides is 1. The number of hydrogen-bond acceptors (Lipinski definition) is 7. The summed E-state index contributed by atoms with van der Waals surface area (Å²) in [6.07, 6.45) is -0.971. The fraction of sp³-hybridized carbons (Fsp3) is 0.333. The second kappa shape index (κ2) is 12.8. The minimum atomic E-state index is -3.67. The minimum absolute atomic E-state index is 0.0162. The van der Waals surface area contributed by atoms with Gasteiger partial charge >= 0.3 is 6.43 Å². The Balaban J connectivity index is 1.25. The molecule has 0 radical (unpaired) electrons. The molecule has 0 spiro atoms. The summed E-state index contributed by atoms with van der Waals surface area (Å²) < 4.78 is 65.0. The van der Waals surface area contributed by atoms with Crippen LogP contribution in [-0.4, -0.2) is 56.0 Å². The van der Waals surface area contributed by atoms with Crippen molar-refractivity contribution in [3.05, 3.63) is 95.9 Å². The molecule has 0 bridgehead atoms. The van der Waals surface area contributed by atoms with Gasteiger partial charge in [-0.25, -0.2) is 8.42 Å². The third kappa shape index (κ3) is 6.91. The van der Waals surface area contributed by atoms with Gasteiger partial charge in [0, 0.05) is 12.1 Å². The maximum Gasteiger partial charge on any atom is 0.314 e. The summed E-state index contributed by atoms with van der Waals surface area (Å²) in [4.78, 5) is 2.21. The number of hydrogen-bond donors (Lipinski definition) is 0. The van der Waals surface area contributed by atoms with Crippen molar-refractivity contribution < 1.29 is 26.4 Å². The van der Waals surface area contributed by atoms with Crippen LogP contribution in [-0.2, 0) is 16.6 Å². The van der Waals surface area contributed by atoms with E-state index in [0.29, 0.717) is 23.7 Å². The molecule has 1 aliphatic rings. The van der Waals surface area contributed by atoms with E-state index in [0.717, 1.165) is 37.2 Å². The third-order valence-corrected chi connectivity index (χ3v) is 9.08. The second-order valence-corrected chi connectivity index (χ2v) is 12.0. The van der Waals surface area contributed by atoms with Gasteiger partial charge in [-0.3, -0.25) is 4.31 Å². The van der Waals surface area contributed by atoms with Crippen LogP contribution < -0.4 is 9.04 Å². The predicted molar refractivity (Wildman–Crippen MR) is 153 cm³/mol. The van der Waals surface area contributed by atoms with Crippen LogP contribution >= 0.6 is 0 Å². The van der Waals surface area contributed by atoms with Crippen LogP contribution in [0.5, 0.6) is 5.75 Å². The largest absolute Gasteiger partial charge is 0.496 e. The highest BCUT2D eigenvalue weighted by molar-refractivity contribution is 7.92. The summed E-state index contributed by atoms with van der Waals surface area (Å²) in [5.74, 6) is 0.507. The number of ether oxygens (including phenoxy) is 1. The molecule has 2 heterocycles. The van der Waals surface area contributed by atoms with E-state index in [2.05, 4.69) is 21.2 Å². The fourth-order valence-electron chi connectivity index (χ4n) is 5.13. The Hall–Kier alpha value is -3.83. The van der Waals surface area contributed by atoms with Gasteiger partial charge in [0.05, 0.1) is 25.1 Å². The lowest BCUT2D eigenvalue weighted by Crippen LogP contribution is -2.40. The van der Waals surface area contributed by atoms with Crippen molar-refractivity contribution in [1.82, 2.24) is 15.1 Å². The summed E-state index contributed by atoms with van der Waals surface area (Å²) in [6.45, 7) is 2.18. The van der Waals surface area contributed by atoms with Gasteiger partial charge in [-0.15, -0.1) is 10.2 Å². The van der Waals surface area contributed by atoms with Gasteiger partial charge in [0.15, 0.2) is 0 Å². The molecule has 5 rings (SSSR count). The van der Waals surface area contributed by atoms with Gasteiger partial charge in [0.1, 0.15) is 5.75 Å². The zero-order valence-electron chi connectivity index (χ0n) is 22.7. The van der Waals surface area contributed by atoms with Crippen LogP contribution in [0.1, 0.15) is 42.2 Å². The molecule has 1 fully saturated rings.